The van der Waals surface area contributed by atoms with Crippen molar-refractivity contribution in [2.45, 2.75) is 0 Å². The number of thiocarbonyl (C=S) groups is 1. The van der Waals surface area contributed by atoms with Crippen LogP contribution in [-0.2, 0) is 0 Å². The van der Waals surface area contributed by atoms with Crippen LogP contribution in [0.3, 0.4) is 0 Å². The minimum absolute atomic E-state index is 0. The molecular weight excluding hydrogens is 227 g/mol. The van der Waals surface area contributed by atoms with Gasteiger partial charge in [0.15, 0.2) is 0 Å². The fraction of sp³-hybridized carbons (Fsp3) is 0. The zero-order chi connectivity index (χ0) is 10.3. The van der Waals surface area contributed by atoms with Gasteiger partial charge in [0.1, 0.15) is 4.32 Å². The van der Waals surface area contributed by atoms with Crippen molar-refractivity contribution in [1.29, 1.82) is 0 Å². The summed E-state index contributed by atoms with van der Waals surface area (Å²) in [7, 11) is 0. The van der Waals surface area contributed by atoms with E-state index < -0.39 is 0 Å². The number of benzene rings is 1. The van der Waals surface area contributed by atoms with Gasteiger partial charge in [-0.25, -0.2) is 0 Å². The summed E-state index contributed by atoms with van der Waals surface area (Å²) in [6.07, 6.45) is 0. The van der Waals surface area contributed by atoms with Gasteiger partial charge in [0.05, 0.1) is 0 Å². The van der Waals surface area contributed by atoms with E-state index in [-0.39, 0.29) is 33.9 Å². The van der Waals surface area contributed by atoms with Crippen LogP contribution in [0.4, 0.5) is 11.4 Å². The van der Waals surface area contributed by atoms with Gasteiger partial charge in [-0.05, 0) is 36.2 Å². The predicted octanol–water partition coefficient (Wildman–Crippen LogP) is 0.0394. The van der Waals surface area contributed by atoms with E-state index in [1.165, 1.54) is 0 Å². The molecule has 0 saturated heterocycles. The third-order valence-corrected chi connectivity index (χ3v) is 1.57. The fourth-order valence-corrected chi connectivity index (χ4v) is 0.496. The Bertz CT molecular complexity index is 244. The van der Waals surface area contributed by atoms with Gasteiger partial charge in [0.25, 0.3) is 0 Å². The second-order valence-corrected chi connectivity index (χ2v) is 3.48. The van der Waals surface area contributed by atoms with Crippen molar-refractivity contribution in [3.05, 3.63) is 24.3 Å². The van der Waals surface area contributed by atoms with Crippen molar-refractivity contribution in [3.8, 4) is 0 Å². The molecule has 0 aromatic heterocycles. The summed E-state index contributed by atoms with van der Waals surface area (Å²) < 4.78 is 0.282. The van der Waals surface area contributed by atoms with E-state index in [1.54, 1.807) is 24.3 Å². The first-order valence-corrected chi connectivity index (χ1v) is 4.62. The van der Waals surface area contributed by atoms with Crippen LogP contribution < -0.4 is 22.3 Å². The maximum absolute atomic E-state index is 5.37. The third-order valence-electron chi connectivity index (χ3n) is 1.05. The van der Waals surface area contributed by atoms with E-state index in [0.717, 1.165) is 23.3 Å². The Morgan fingerprint density at radius 2 is 1.29 bits per heavy atom. The van der Waals surface area contributed by atoms with Crippen molar-refractivity contribution in [1.82, 2.24) is 0 Å². The number of nitrogens with two attached hydrogens (primary N) is 4. The van der Waals surface area contributed by atoms with Crippen molar-refractivity contribution >= 4 is 69.4 Å². The number of anilines is 2. The van der Waals surface area contributed by atoms with Gasteiger partial charge in [-0.15, -0.1) is 0 Å². The molecular formula is C7H13N4NaS2. The molecule has 1 rings (SSSR count). The minimum atomic E-state index is 0. The fourth-order valence-electron chi connectivity index (χ4n) is 0.496. The van der Waals surface area contributed by atoms with E-state index in [9.17, 15) is 0 Å². The summed E-state index contributed by atoms with van der Waals surface area (Å²) in [6, 6.07) is 7.09. The molecule has 7 heteroatoms. The first kappa shape index (κ1) is 16.4. The zero-order valence-electron chi connectivity index (χ0n) is 6.94. The zero-order valence-corrected chi connectivity index (χ0v) is 8.57. The Kier molecular flexibility index (Phi) is 11.2. The van der Waals surface area contributed by atoms with Gasteiger partial charge >= 0.3 is 29.6 Å². The first-order chi connectivity index (χ1) is 6.06. The number of rotatable bonds is 0. The monoisotopic (exact) mass is 240 g/mol. The molecule has 4 nitrogen and oxygen atoms in total. The van der Waals surface area contributed by atoms with Gasteiger partial charge < -0.3 is 17.2 Å². The third kappa shape index (κ3) is 10.1. The molecule has 0 unspecified atom stereocenters. The second kappa shape index (κ2) is 9.57. The van der Waals surface area contributed by atoms with Crippen molar-refractivity contribution < 1.29 is 0 Å². The molecule has 0 bridgehead atoms. The number of hydrogen-bond donors (Lipinski definition) is 4. The van der Waals surface area contributed by atoms with Gasteiger partial charge in [0.2, 0.25) is 0 Å². The first-order valence-electron chi connectivity index (χ1n) is 3.33. The molecule has 0 fully saturated rings. The van der Waals surface area contributed by atoms with Crippen LogP contribution in [-0.4, -0.2) is 33.9 Å². The molecule has 0 spiro atoms. The molecule has 0 saturated carbocycles. The van der Waals surface area contributed by atoms with Gasteiger partial charge in [0, 0.05) is 11.4 Å². The second-order valence-electron chi connectivity index (χ2n) is 2.10. The summed E-state index contributed by atoms with van der Waals surface area (Å²) >= 11 is 5.20. The molecule has 0 amide bonds. The van der Waals surface area contributed by atoms with E-state index in [2.05, 4.69) is 12.2 Å². The Labute approximate surface area is 115 Å². The molecule has 0 atom stereocenters. The SMILES string of the molecule is NSC(N)=S.Nc1ccc(N)cc1.[NaH]. The summed E-state index contributed by atoms with van der Waals surface area (Å²) in [5.41, 5.74) is 17.1. The average Bonchev–Trinajstić information content (AvgIpc) is 2.11. The Balaban J connectivity index is 0. The Morgan fingerprint density at radius 3 is 1.43 bits per heavy atom. The van der Waals surface area contributed by atoms with Crippen molar-refractivity contribution in [2.75, 3.05) is 11.5 Å². The molecule has 0 heterocycles. The average molecular weight is 240 g/mol. The van der Waals surface area contributed by atoms with Gasteiger partial charge in [-0.1, -0.05) is 12.2 Å². The number of hydrogen-bond acceptors (Lipinski definition) is 5. The van der Waals surface area contributed by atoms with Crippen molar-refractivity contribution in [3.63, 3.8) is 0 Å². The van der Waals surface area contributed by atoms with Crippen LogP contribution in [0.1, 0.15) is 0 Å². The molecule has 8 N–H and O–H groups in total. The summed E-state index contributed by atoms with van der Waals surface area (Å²) in [4.78, 5) is 0. The predicted molar refractivity (Wildman–Crippen MR) is 71.0 cm³/mol. The summed E-state index contributed by atoms with van der Waals surface area (Å²) in [5, 5.41) is 4.82. The van der Waals surface area contributed by atoms with Gasteiger partial charge in [-0.2, -0.15) is 0 Å². The summed E-state index contributed by atoms with van der Waals surface area (Å²) in [5.74, 6) is 0. The number of nitrogen functional groups attached to an aromatic ring is 2. The van der Waals surface area contributed by atoms with E-state index in [4.69, 9.17) is 22.3 Å². The standard InChI is InChI=1S/C6H8N2.CH4N2S2.Na.H/c7-5-1-2-6(8)4-3-5;2-1(4)5-3;;/h1-4H,7-8H2;3H2,(H2,2,4);;. The Hall–Kier alpha value is 0.0200. The molecule has 0 radical (unpaired) electrons. The van der Waals surface area contributed by atoms with E-state index in [1.807, 2.05) is 0 Å². The molecule has 0 aliphatic heterocycles. The van der Waals surface area contributed by atoms with Crippen LogP contribution in [0.15, 0.2) is 24.3 Å². The molecule has 74 valence electrons. The van der Waals surface area contributed by atoms with E-state index >= 15 is 0 Å². The molecule has 0 aliphatic rings. The molecule has 1 aromatic carbocycles. The topological polar surface area (TPSA) is 104 Å². The molecule has 0 aliphatic carbocycles. The van der Waals surface area contributed by atoms with Crippen LogP contribution in [0.5, 0.6) is 0 Å². The van der Waals surface area contributed by atoms with Crippen molar-refractivity contribution in [2.24, 2.45) is 10.9 Å². The molecule has 14 heavy (non-hydrogen) atoms. The maximum atomic E-state index is 5.37. The van der Waals surface area contributed by atoms with Crippen LogP contribution >= 0.6 is 24.2 Å². The quantitative estimate of drug-likeness (QED) is 0.221. The summed E-state index contributed by atoms with van der Waals surface area (Å²) in [6.45, 7) is 0. The van der Waals surface area contributed by atoms with Crippen LogP contribution in [0.2, 0.25) is 0 Å². The van der Waals surface area contributed by atoms with Gasteiger partial charge in [-0.3, -0.25) is 5.14 Å². The normalized spacial score (nSPS) is 7.79. The molecule has 1 aromatic rings. The van der Waals surface area contributed by atoms with Crippen LogP contribution in [0.25, 0.3) is 0 Å². The van der Waals surface area contributed by atoms with E-state index in [0.29, 0.717) is 0 Å². The Morgan fingerprint density at radius 1 is 1.07 bits per heavy atom. The van der Waals surface area contributed by atoms with Crippen LogP contribution in [0, 0.1) is 0 Å².